The van der Waals surface area contributed by atoms with Crippen LogP contribution in [0.4, 0.5) is 0 Å². The smallest absolute Gasteiger partial charge is 0.129 e. The lowest BCUT2D eigenvalue weighted by atomic mass is 9.55. The summed E-state index contributed by atoms with van der Waals surface area (Å²) in [6.45, 7) is 0. The number of rotatable bonds is 1. The lowest BCUT2D eigenvalue weighted by Crippen LogP contribution is -2.46. The molecule has 0 amide bonds. The summed E-state index contributed by atoms with van der Waals surface area (Å²) in [6.07, 6.45) is 5.92. The molecule has 4 aliphatic carbocycles. The third-order valence-electron chi connectivity index (χ3n) is 23.8. The fourth-order valence-electron chi connectivity index (χ4n) is 23.8. The standard InChI is InChI=1S/C63H4O/c1-2-3(64)63-60-56-50-36-28-20-8-5-4-6-9(8)21-23-19-13(6)15-11-7(4)10-14-12(5)18-22(20)34(36)42-40-26(18)24(14)32-30-16(10)17(11)31-33-25(15)27(19)41-43-35(23)37(29(21)28)51(50)57(60)53(43)55-47(41)45(33)49-39(31)38(30)48-44(32)46(40)54(52(42)56)61(63)58(48)59(49)62(55)63/h1,3,60,64H. The Hall–Kier alpha value is -8.02. The predicted molar refractivity (Wildman–Crippen MR) is 270 cm³/mol. The second kappa shape index (κ2) is 5.00. The molecule has 0 bridgehead atoms. The van der Waals surface area contributed by atoms with E-state index in [-0.39, 0.29) is 5.92 Å². The molecule has 1 unspecified atom stereocenters. The Morgan fingerprint density at radius 2 is 0.391 bits per heavy atom. The van der Waals surface area contributed by atoms with Crippen molar-refractivity contribution in [1.29, 1.82) is 0 Å². The van der Waals surface area contributed by atoms with Crippen LogP contribution in [0.5, 0.6) is 0 Å². The van der Waals surface area contributed by atoms with Crippen molar-refractivity contribution >= 4 is 291 Å². The topological polar surface area (TPSA) is 20.2 Å². The van der Waals surface area contributed by atoms with Gasteiger partial charge in [-0.25, -0.2) is 0 Å². The summed E-state index contributed by atoms with van der Waals surface area (Å²) < 4.78 is 0. The number of benzene rings is 18. The molecule has 0 saturated carbocycles. The van der Waals surface area contributed by atoms with E-state index in [1.165, 1.54) is 54.2 Å². The van der Waals surface area contributed by atoms with Crippen LogP contribution < -0.4 is 0 Å². The predicted octanol–water partition coefficient (Wildman–Crippen LogP) is 16.1. The van der Waals surface area contributed by atoms with Crippen LogP contribution in [0.1, 0.15) is 28.2 Å². The lowest BCUT2D eigenvalue weighted by Gasteiger charge is -2.46. The third-order valence-corrected chi connectivity index (χ3v) is 23.8. The van der Waals surface area contributed by atoms with Crippen molar-refractivity contribution in [1.82, 2.24) is 0 Å². The van der Waals surface area contributed by atoms with Gasteiger partial charge in [0, 0.05) is 5.92 Å². The zero-order chi connectivity index (χ0) is 37.8. The van der Waals surface area contributed by atoms with Crippen molar-refractivity contribution in [2.75, 3.05) is 0 Å². The summed E-state index contributed by atoms with van der Waals surface area (Å²) in [5.41, 5.74) is 5.18. The molecule has 4 aliphatic rings. The van der Waals surface area contributed by atoms with Gasteiger partial charge in [0.05, 0.1) is 5.41 Å². The minimum absolute atomic E-state index is 0.0239. The van der Waals surface area contributed by atoms with Crippen LogP contribution in [-0.2, 0) is 5.41 Å². The maximum atomic E-state index is 13.6. The molecule has 1 heteroatoms. The summed E-state index contributed by atoms with van der Waals surface area (Å²) in [6, 6.07) is 0. The number of aliphatic hydroxyl groups excluding tert-OH is 1. The lowest BCUT2D eigenvalue weighted by molar-refractivity contribution is 0.148. The van der Waals surface area contributed by atoms with Gasteiger partial charge in [0.1, 0.15) is 6.10 Å². The fourth-order valence-corrected chi connectivity index (χ4v) is 23.8. The first kappa shape index (κ1) is 22.9. The summed E-state index contributed by atoms with van der Waals surface area (Å²) in [7, 11) is 0. The highest BCUT2D eigenvalue weighted by atomic mass is 16.3. The minimum Gasteiger partial charge on any atom is -0.379 e. The molecule has 1 nitrogen and oxygen atoms in total. The Balaban J connectivity index is 1.30. The maximum absolute atomic E-state index is 13.6. The van der Waals surface area contributed by atoms with E-state index in [4.69, 9.17) is 6.42 Å². The van der Waals surface area contributed by atoms with Crippen molar-refractivity contribution < 1.29 is 5.11 Å². The average Bonchev–Trinajstić information content (AvgIpc) is 4.15. The second-order valence-electron chi connectivity index (χ2n) is 23.7. The van der Waals surface area contributed by atoms with Gasteiger partial charge in [0.25, 0.3) is 0 Å². The quantitative estimate of drug-likeness (QED) is 0.130. The van der Waals surface area contributed by atoms with Crippen LogP contribution >= 0.6 is 0 Å². The van der Waals surface area contributed by atoms with Crippen LogP contribution in [0.3, 0.4) is 0 Å². The number of hydrogen-bond donors (Lipinski definition) is 1. The summed E-state index contributed by atoms with van der Waals surface area (Å²) in [4.78, 5) is 0. The highest BCUT2D eigenvalue weighted by Gasteiger charge is 2.65. The van der Waals surface area contributed by atoms with E-state index in [2.05, 4.69) is 5.92 Å². The van der Waals surface area contributed by atoms with Crippen molar-refractivity contribution in [2.45, 2.75) is 17.4 Å². The molecule has 0 aliphatic heterocycles. The van der Waals surface area contributed by atoms with E-state index in [1.54, 1.807) is 259 Å². The first-order valence-corrected chi connectivity index (χ1v) is 23.7. The number of aliphatic hydroxyl groups is 1. The van der Waals surface area contributed by atoms with Crippen molar-refractivity contribution in [3.63, 3.8) is 0 Å². The first-order valence-electron chi connectivity index (χ1n) is 23.7. The summed E-state index contributed by atoms with van der Waals surface area (Å²) in [5.74, 6) is 3.20. The van der Waals surface area contributed by atoms with Gasteiger partial charge in [-0.15, -0.1) is 6.42 Å². The van der Waals surface area contributed by atoms with E-state index >= 15 is 0 Å². The second-order valence-corrected chi connectivity index (χ2v) is 23.7. The molecule has 0 aromatic heterocycles. The van der Waals surface area contributed by atoms with Crippen molar-refractivity contribution in [3.05, 3.63) is 22.3 Å². The highest BCUT2D eigenvalue weighted by Crippen LogP contribution is 2.83. The molecule has 0 heterocycles. The molecule has 28 aromatic rings. The molecule has 1 N–H and O–H groups in total. The SMILES string of the molecule is C#CC(O)C12c3c4c5c6c7c8c(c9c%10c1c1c3c3c%11c4c4c5c5c7c7c%12c8c8c9c9c%10c%10c1c1c3c3c%11c%11c4c4c5c7c5c7c%12c8c8c9c9c%10c1c1c3c3c%11c4c5c4c7c8c9c1c34)C62. The Labute approximate surface area is 346 Å². The number of terminal acetylenes is 1. The van der Waals surface area contributed by atoms with E-state index in [9.17, 15) is 5.11 Å². The van der Waals surface area contributed by atoms with Crippen molar-refractivity contribution in [2.24, 2.45) is 0 Å². The van der Waals surface area contributed by atoms with E-state index < -0.39 is 11.5 Å². The van der Waals surface area contributed by atoms with E-state index in [0.717, 1.165) is 0 Å². The number of hydrogen-bond acceptors (Lipinski definition) is 1. The van der Waals surface area contributed by atoms with Crippen LogP contribution in [-0.4, -0.2) is 11.2 Å². The fraction of sp³-hybridized carbons (Fsp3) is 0.0476. The molecule has 64 heavy (non-hydrogen) atoms. The van der Waals surface area contributed by atoms with Crippen LogP contribution in [0.15, 0.2) is 0 Å². The monoisotopic (exact) mass is 776 g/mol. The van der Waals surface area contributed by atoms with Gasteiger partial charge in [-0.05, 0) is 313 Å². The zero-order valence-electron chi connectivity index (χ0n) is 32.2. The molecule has 32 rings (SSSR count). The molecule has 0 spiro atoms. The highest BCUT2D eigenvalue weighted by molar-refractivity contribution is 6.82. The van der Waals surface area contributed by atoms with E-state index in [1.807, 2.05) is 0 Å². The summed E-state index contributed by atoms with van der Waals surface area (Å²) in [5, 5.41) is 98.8. The van der Waals surface area contributed by atoms with Crippen LogP contribution in [0.2, 0.25) is 0 Å². The molecule has 28 aromatic carbocycles. The molecular formula is C63H4O. The van der Waals surface area contributed by atoms with Crippen LogP contribution in [0.25, 0.3) is 291 Å². The Morgan fingerprint density at radius 1 is 0.250 bits per heavy atom. The molecule has 0 saturated heterocycles. The zero-order valence-corrected chi connectivity index (χ0v) is 32.2. The molecule has 0 radical (unpaired) electrons. The summed E-state index contributed by atoms with van der Waals surface area (Å²) >= 11 is 0. The van der Waals surface area contributed by atoms with Crippen LogP contribution in [0, 0.1) is 12.3 Å². The molecular weight excluding hydrogens is 773 g/mol. The van der Waals surface area contributed by atoms with Gasteiger partial charge < -0.3 is 5.11 Å². The van der Waals surface area contributed by atoms with Gasteiger partial charge in [-0.1, -0.05) is 5.92 Å². The van der Waals surface area contributed by atoms with Gasteiger partial charge in [0.2, 0.25) is 0 Å². The largest absolute Gasteiger partial charge is 0.379 e. The molecule has 0 fully saturated rings. The van der Waals surface area contributed by atoms with Gasteiger partial charge >= 0.3 is 0 Å². The van der Waals surface area contributed by atoms with Gasteiger partial charge in [-0.2, -0.15) is 0 Å². The molecule has 262 valence electrons. The average molecular weight is 777 g/mol. The van der Waals surface area contributed by atoms with E-state index in [0.29, 0.717) is 0 Å². The Morgan fingerprint density at radius 3 is 0.578 bits per heavy atom. The Bertz CT molecular complexity index is 6790. The maximum Gasteiger partial charge on any atom is 0.129 e. The third kappa shape index (κ3) is 1.13. The Kier molecular flexibility index (Phi) is 1.79. The minimum atomic E-state index is -0.965. The molecule has 1 atom stereocenters. The first-order chi connectivity index (χ1) is 31.8. The normalized spacial score (nSPS) is 22.0. The van der Waals surface area contributed by atoms with Crippen molar-refractivity contribution in [3.8, 4) is 12.3 Å². The van der Waals surface area contributed by atoms with Gasteiger partial charge in [0.15, 0.2) is 0 Å². The van der Waals surface area contributed by atoms with Gasteiger partial charge in [-0.3, -0.25) is 0 Å².